The summed E-state index contributed by atoms with van der Waals surface area (Å²) < 4.78 is 43.8. The van der Waals surface area contributed by atoms with Crippen molar-refractivity contribution in [2.45, 2.75) is 32.4 Å². The number of hydrogen-bond acceptors (Lipinski definition) is 6. The molecule has 0 aliphatic heterocycles. The molecule has 9 nitrogen and oxygen atoms in total. The average Bonchev–Trinajstić information content (AvgIpc) is 3.50. The third-order valence-corrected chi connectivity index (χ3v) is 5.17. The fraction of sp³-hybridized carbons (Fsp3) is 0.348. The SMILES string of the molecule is COc1cc(-c2cnc3cc(OCCNC(C)=O)ccn23)cc(OC(F)F)c1C(=O)NC1CC1. The Morgan fingerprint density at radius 3 is 2.68 bits per heavy atom. The Morgan fingerprint density at radius 1 is 1.24 bits per heavy atom. The zero-order chi connectivity index (χ0) is 24.2. The number of pyridine rings is 1. The number of rotatable bonds is 10. The molecule has 0 radical (unpaired) electrons. The van der Waals surface area contributed by atoms with E-state index in [9.17, 15) is 18.4 Å². The summed E-state index contributed by atoms with van der Waals surface area (Å²) in [7, 11) is 1.36. The van der Waals surface area contributed by atoms with E-state index in [0.29, 0.717) is 35.8 Å². The number of amides is 2. The minimum atomic E-state index is -3.12. The van der Waals surface area contributed by atoms with Gasteiger partial charge in [-0.05, 0) is 31.0 Å². The molecule has 2 heterocycles. The number of hydrogen-bond donors (Lipinski definition) is 2. The second-order valence-corrected chi connectivity index (χ2v) is 7.74. The Kier molecular flexibility index (Phi) is 6.80. The zero-order valence-corrected chi connectivity index (χ0v) is 18.6. The van der Waals surface area contributed by atoms with E-state index >= 15 is 0 Å². The van der Waals surface area contributed by atoms with Gasteiger partial charge in [0.2, 0.25) is 5.91 Å². The van der Waals surface area contributed by atoms with Gasteiger partial charge in [0.25, 0.3) is 5.91 Å². The number of methoxy groups -OCH3 is 1. The van der Waals surface area contributed by atoms with Crippen LogP contribution in [0.2, 0.25) is 0 Å². The molecule has 2 N–H and O–H groups in total. The molecule has 0 unspecified atom stereocenters. The van der Waals surface area contributed by atoms with E-state index in [1.54, 1.807) is 35.0 Å². The molecular weight excluding hydrogens is 450 g/mol. The van der Waals surface area contributed by atoms with Crippen LogP contribution in [-0.2, 0) is 4.79 Å². The molecule has 0 bridgehead atoms. The van der Waals surface area contributed by atoms with Crippen LogP contribution in [0.5, 0.6) is 17.2 Å². The van der Waals surface area contributed by atoms with E-state index < -0.39 is 12.5 Å². The Morgan fingerprint density at radius 2 is 2.00 bits per heavy atom. The van der Waals surface area contributed by atoms with Crippen molar-refractivity contribution in [3.05, 3.63) is 42.2 Å². The van der Waals surface area contributed by atoms with Crippen molar-refractivity contribution in [3.8, 4) is 28.5 Å². The van der Waals surface area contributed by atoms with Crippen molar-refractivity contribution >= 4 is 17.5 Å². The molecule has 0 atom stereocenters. The number of halogens is 2. The quantitative estimate of drug-likeness (QED) is 0.438. The first-order chi connectivity index (χ1) is 16.4. The van der Waals surface area contributed by atoms with Crippen molar-refractivity contribution in [2.24, 2.45) is 0 Å². The minimum Gasteiger partial charge on any atom is -0.496 e. The summed E-state index contributed by atoms with van der Waals surface area (Å²) in [6.45, 7) is -1.03. The molecule has 3 aromatic rings. The highest BCUT2D eigenvalue weighted by molar-refractivity contribution is 6.01. The van der Waals surface area contributed by atoms with Crippen LogP contribution in [0, 0.1) is 0 Å². The van der Waals surface area contributed by atoms with Gasteiger partial charge >= 0.3 is 6.61 Å². The molecule has 4 rings (SSSR count). The number of carbonyl (C=O) groups excluding carboxylic acids is 2. The first-order valence-corrected chi connectivity index (χ1v) is 10.7. The van der Waals surface area contributed by atoms with Crippen molar-refractivity contribution in [1.29, 1.82) is 0 Å². The second-order valence-electron chi connectivity index (χ2n) is 7.74. The van der Waals surface area contributed by atoms with Gasteiger partial charge in [-0.25, -0.2) is 4.98 Å². The lowest BCUT2D eigenvalue weighted by atomic mass is 10.1. The van der Waals surface area contributed by atoms with E-state index in [4.69, 9.17) is 14.2 Å². The summed E-state index contributed by atoms with van der Waals surface area (Å²) in [6, 6.07) is 6.42. The largest absolute Gasteiger partial charge is 0.496 e. The topological polar surface area (TPSA) is 103 Å². The monoisotopic (exact) mass is 474 g/mol. The third kappa shape index (κ3) is 5.36. The van der Waals surface area contributed by atoms with Crippen LogP contribution in [-0.4, -0.2) is 54.1 Å². The van der Waals surface area contributed by atoms with Crippen molar-refractivity contribution < 1.29 is 32.6 Å². The molecule has 34 heavy (non-hydrogen) atoms. The number of alkyl halides is 2. The van der Waals surface area contributed by atoms with Crippen molar-refractivity contribution in [1.82, 2.24) is 20.0 Å². The smallest absolute Gasteiger partial charge is 0.387 e. The maximum absolute atomic E-state index is 13.2. The molecule has 180 valence electrons. The second kappa shape index (κ2) is 9.94. The number of nitrogens with one attached hydrogen (secondary N) is 2. The summed E-state index contributed by atoms with van der Waals surface area (Å²) in [5.74, 6) is -0.282. The standard InChI is InChI=1S/C23H24F2N4O5/c1-13(30)26-6-8-33-16-5-7-29-17(12-27-20(29)11-16)14-9-18(32-2)21(19(10-14)34-23(24)25)22(31)28-15-3-4-15/h5,7,9-12,15,23H,3-4,6,8H2,1-2H3,(H,26,30)(H,28,31). The van der Waals surface area contributed by atoms with E-state index in [2.05, 4.69) is 15.6 Å². The summed E-state index contributed by atoms with van der Waals surface area (Å²) in [6.07, 6.45) is 4.98. The van der Waals surface area contributed by atoms with Crippen LogP contribution < -0.4 is 24.8 Å². The number of imidazole rings is 1. The molecule has 0 spiro atoms. The molecule has 1 fully saturated rings. The van der Waals surface area contributed by atoms with Crippen molar-refractivity contribution in [2.75, 3.05) is 20.3 Å². The van der Waals surface area contributed by atoms with Gasteiger partial charge in [0.1, 0.15) is 35.1 Å². The predicted octanol–water partition coefficient (Wildman–Crippen LogP) is 3.02. The minimum absolute atomic E-state index is 0.0321. The van der Waals surface area contributed by atoms with Crippen LogP contribution in [0.3, 0.4) is 0 Å². The molecule has 11 heteroatoms. The van der Waals surface area contributed by atoms with E-state index in [0.717, 1.165) is 12.8 Å². The first-order valence-electron chi connectivity index (χ1n) is 10.7. The van der Waals surface area contributed by atoms with Gasteiger partial charge < -0.3 is 24.8 Å². The van der Waals surface area contributed by atoms with Crippen molar-refractivity contribution in [3.63, 3.8) is 0 Å². The molecule has 1 aliphatic carbocycles. The fourth-order valence-electron chi connectivity index (χ4n) is 3.46. The van der Waals surface area contributed by atoms with Gasteiger partial charge in [-0.3, -0.25) is 14.0 Å². The van der Waals surface area contributed by atoms with Gasteiger partial charge in [0.15, 0.2) is 0 Å². The molecule has 0 saturated heterocycles. The Balaban J connectivity index is 1.65. The van der Waals surface area contributed by atoms with Gasteiger partial charge in [0, 0.05) is 30.8 Å². The molecule has 1 saturated carbocycles. The lowest BCUT2D eigenvalue weighted by Gasteiger charge is -2.16. The van der Waals surface area contributed by atoms with Crippen LogP contribution >= 0.6 is 0 Å². The Hall–Kier alpha value is -3.89. The lowest BCUT2D eigenvalue weighted by molar-refractivity contribution is -0.119. The average molecular weight is 474 g/mol. The van der Waals surface area contributed by atoms with Crippen LogP contribution in [0.4, 0.5) is 8.78 Å². The lowest BCUT2D eigenvalue weighted by Crippen LogP contribution is -2.26. The zero-order valence-electron chi connectivity index (χ0n) is 18.6. The molecule has 1 aliphatic rings. The highest BCUT2D eigenvalue weighted by atomic mass is 19.3. The normalized spacial score (nSPS) is 13.1. The highest BCUT2D eigenvalue weighted by Crippen LogP contribution is 2.37. The fourth-order valence-corrected chi connectivity index (χ4v) is 3.46. The number of nitrogens with zero attached hydrogens (tertiary/aromatic N) is 2. The number of fused-ring (bicyclic) bond motifs is 1. The van der Waals surface area contributed by atoms with Gasteiger partial charge in [-0.15, -0.1) is 0 Å². The maximum Gasteiger partial charge on any atom is 0.387 e. The van der Waals surface area contributed by atoms with Crippen LogP contribution in [0.15, 0.2) is 36.7 Å². The summed E-state index contributed by atoms with van der Waals surface area (Å²) in [4.78, 5) is 28.0. The maximum atomic E-state index is 13.2. The molecule has 1 aromatic carbocycles. The first kappa shape index (κ1) is 23.3. The Labute approximate surface area is 194 Å². The molecular formula is C23H24F2N4O5. The molecule has 2 aromatic heterocycles. The van der Waals surface area contributed by atoms with Gasteiger partial charge in [-0.1, -0.05) is 0 Å². The summed E-state index contributed by atoms with van der Waals surface area (Å²) in [5, 5.41) is 5.42. The van der Waals surface area contributed by atoms with E-state index in [-0.39, 0.29) is 29.0 Å². The number of aromatic nitrogens is 2. The summed E-state index contributed by atoms with van der Waals surface area (Å²) >= 11 is 0. The molecule has 2 amide bonds. The van der Waals surface area contributed by atoms with Crippen LogP contribution in [0.25, 0.3) is 16.9 Å². The third-order valence-electron chi connectivity index (χ3n) is 5.17. The van der Waals surface area contributed by atoms with E-state index in [1.807, 2.05) is 0 Å². The van der Waals surface area contributed by atoms with Gasteiger partial charge in [-0.2, -0.15) is 8.78 Å². The summed E-state index contributed by atoms with van der Waals surface area (Å²) in [5.41, 5.74) is 1.52. The Bertz CT molecular complexity index is 1210. The predicted molar refractivity (Wildman–Crippen MR) is 118 cm³/mol. The number of carbonyl (C=O) groups is 2. The van der Waals surface area contributed by atoms with Gasteiger partial charge in [0.05, 0.1) is 25.5 Å². The van der Waals surface area contributed by atoms with Crippen LogP contribution in [0.1, 0.15) is 30.1 Å². The number of benzene rings is 1. The number of ether oxygens (including phenoxy) is 3. The highest BCUT2D eigenvalue weighted by Gasteiger charge is 2.29. The van der Waals surface area contributed by atoms with E-state index in [1.165, 1.54) is 20.1 Å².